The van der Waals surface area contributed by atoms with Gasteiger partial charge in [-0.05, 0) is 35.6 Å². The van der Waals surface area contributed by atoms with E-state index in [2.05, 4.69) is 28.1 Å². The second-order valence-corrected chi connectivity index (χ2v) is 8.13. The molecule has 0 bridgehead atoms. The van der Waals surface area contributed by atoms with Crippen molar-refractivity contribution in [2.24, 2.45) is 5.92 Å². The minimum absolute atomic E-state index is 0.0166. The van der Waals surface area contributed by atoms with Crippen molar-refractivity contribution in [3.63, 3.8) is 0 Å². The van der Waals surface area contributed by atoms with Crippen LogP contribution in [0.15, 0.2) is 42.5 Å². The van der Waals surface area contributed by atoms with Crippen LogP contribution in [0.4, 0.5) is 5.69 Å². The van der Waals surface area contributed by atoms with Crippen LogP contribution in [0.1, 0.15) is 31.4 Å². The van der Waals surface area contributed by atoms with Crippen LogP contribution in [-0.4, -0.2) is 37.1 Å². The number of rotatable bonds is 6. The summed E-state index contributed by atoms with van der Waals surface area (Å²) >= 11 is 0. The van der Waals surface area contributed by atoms with Crippen LogP contribution < -0.4 is 25.4 Å². The quantitative estimate of drug-likeness (QED) is 0.665. The summed E-state index contributed by atoms with van der Waals surface area (Å²) in [5, 5.41) is 9.19. The lowest BCUT2D eigenvalue weighted by atomic mass is 9.94. The van der Waals surface area contributed by atoms with Crippen LogP contribution in [0.3, 0.4) is 0 Å². The van der Waals surface area contributed by atoms with Crippen molar-refractivity contribution < 1.29 is 19.1 Å². The van der Waals surface area contributed by atoms with Gasteiger partial charge in [0.05, 0.1) is 6.04 Å². The van der Waals surface area contributed by atoms with Gasteiger partial charge in [0.2, 0.25) is 11.8 Å². The first-order valence-electron chi connectivity index (χ1n) is 10.9. The number of nitrogens with one attached hydrogen (secondary N) is 3. The smallest absolute Gasteiger partial charge is 0.247 e. The van der Waals surface area contributed by atoms with Crippen molar-refractivity contribution in [2.75, 3.05) is 18.5 Å². The number of hydrogen-bond acceptors (Lipinski definition) is 5. The number of anilines is 1. The van der Waals surface area contributed by atoms with Crippen molar-refractivity contribution in [1.29, 1.82) is 0 Å². The molecule has 7 heteroatoms. The topological polar surface area (TPSA) is 88.7 Å². The molecule has 0 saturated carbocycles. The minimum Gasteiger partial charge on any atom is -0.486 e. The van der Waals surface area contributed by atoms with Crippen molar-refractivity contribution in [3.8, 4) is 11.5 Å². The lowest BCUT2D eigenvalue weighted by Gasteiger charge is -2.29. The summed E-state index contributed by atoms with van der Waals surface area (Å²) in [7, 11) is 0. The summed E-state index contributed by atoms with van der Waals surface area (Å²) in [6, 6.07) is 12.4. The predicted molar refractivity (Wildman–Crippen MR) is 118 cm³/mol. The summed E-state index contributed by atoms with van der Waals surface area (Å²) in [4.78, 5) is 26.1. The van der Waals surface area contributed by atoms with E-state index in [4.69, 9.17) is 9.47 Å². The Balaban J connectivity index is 1.43. The summed E-state index contributed by atoms with van der Waals surface area (Å²) < 4.78 is 11.1. The highest BCUT2D eigenvalue weighted by molar-refractivity contribution is 5.98. The molecule has 0 aromatic heterocycles. The maximum absolute atomic E-state index is 13.1. The fourth-order valence-electron chi connectivity index (χ4n) is 3.94. The third kappa shape index (κ3) is 4.82. The lowest BCUT2D eigenvalue weighted by molar-refractivity contribution is -0.129. The summed E-state index contributed by atoms with van der Waals surface area (Å²) in [5.74, 6) is 0.864. The summed E-state index contributed by atoms with van der Waals surface area (Å²) in [6.07, 6.45) is 1.37. The molecule has 164 valence electrons. The Hall–Kier alpha value is -3.06. The first-order valence-corrected chi connectivity index (χ1v) is 10.9. The molecular formula is C24H29N3O4. The van der Waals surface area contributed by atoms with E-state index in [9.17, 15) is 9.59 Å². The van der Waals surface area contributed by atoms with Crippen LogP contribution in [0.5, 0.6) is 11.5 Å². The Morgan fingerprint density at radius 1 is 1.10 bits per heavy atom. The molecule has 0 aliphatic carbocycles. The maximum Gasteiger partial charge on any atom is 0.247 e. The molecule has 0 spiro atoms. The number of carbonyl (C=O) groups is 2. The van der Waals surface area contributed by atoms with E-state index in [0.29, 0.717) is 43.4 Å². The number of benzene rings is 2. The summed E-state index contributed by atoms with van der Waals surface area (Å²) in [6.45, 7) is 5.62. The van der Waals surface area contributed by atoms with Crippen LogP contribution in [0, 0.1) is 5.92 Å². The molecule has 2 aromatic carbocycles. The number of carbonyl (C=O) groups excluding carboxylic acids is 2. The van der Waals surface area contributed by atoms with Gasteiger partial charge in [-0.2, -0.15) is 0 Å². The van der Waals surface area contributed by atoms with Crippen molar-refractivity contribution in [3.05, 3.63) is 53.6 Å². The van der Waals surface area contributed by atoms with E-state index in [1.54, 1.807) is 18.2 Å². The molecule has 0 saturated heterocycles. The molecule has 7 nitrogen and oxygen atoms in total. The van der Waals surface area contributed by atoms with Gasteiger partial charge in [0.1, 0.15) is 19.3 Å². The molecule has 0 radical (unpaired) electrons. The number of fused-ring (bicyclic) bond motifs is 2. The Morgan fingerprint density at radius 2 is 1.84 bits per heavy atom. The van der Waals surface area contributed by atoms with E-state index in [0.717, 1.165) is 6.42 Å². The normalized spacial score (nSPS) is 19.0. The minimum atomic E-state index is -0.635. The zero-order valence-corrected chi connectivity index (χ0v) is 17.9. The predicted octanol–water partition coefficient (Wildman–Crippen LogP) is 2.64. The van der Waals surface area contributed by atoms with Crippen LogP contribution in [-0.2, 0) is 22.6 Å². The largest absolute Gasteiger partial charge is 0.486 e. The average molecular weight is 424 g/mol. The number of ether oxygens (including phenoxy) is 2. The maximum atomic E-state index is 13.1. The molecule has 2 heterocycles. The van der Waals surface area contributed by atoms with E-state index in [-0.39, 0.29) is 23.8 Å². The molecule has 0 fully saturated rings. The first kappa shape index (κ1) is 21.2. The van der Waals surface area contributed by atoms with Crippen molar-refractivity contribution in [2.45, 2.75) is 45.3 Å². The Morgan fingerprint density at radius 3 is 2.61 bits per heavy atom. The molecule has 3 atom stereocenters. The van der Waals surface area contributed by atoms with Gasteiger partial charge in [-0.15, -0.1) is 0 Å². The van der Waals surface area contributed by atoms with Gasteiger partial charge in [-0.3, -0.25) is 9.59 Å². The van der Waals surface area contributed by atoms with E-state index >= 15 is 0 Å². The third-order valence-electron chi connectivity index (χ3n) is 6.00. The highest BCUT2D eigenvalue weighted by Crippen LogP contribution is 2.32. The van der Waals surface area contributed by atoms with Gasteiger partial charge in [-0.25, -0.2) is 0 Å². The van der Waals surface area contributed by atoms with Gasteiger partial charge in [0.25, 0.3) is 0 Å². The Kier molecular flexibility index (Phi) is 6.42. The zero-order valence-electron chi connectivity index (χ0n) is 17.9. The first-order chi connectivity index (χ1) is 15.0. The van der Waals surface area contributed by atoms with Gasteiger partial charge in [0.15, 0.2) is 11.5 Å². The summed E-state index contributed by atoms with van der Waals surface area (Å²) in [5.41, 5.74) is 2.99. The molecule has 2 amide bonds. The Labute approximate surface area is 182 Å². The van der Waals surface area contributed by atoms with Crippen molar-refractivity contribution >= 4 is 17.5 Å². The van der Waals surface area contributed by atoms with Gasteiger partial charge in [-0.1, -0.05) is 44.5 Å². The SMILES string of the molecule is CC[C@@H](C)[C@H](NC(=O)[C@@H]1Cc2ccccc2CN1)C(=O)Nc1ccc2c(c1)OCCO2. The van der Waals surface area contributed by atoms with Gasteiger partial charge in [0, 0.05) is 18.3 Å². The standard InChI is InChI=1S/C24H29N3O4/c1-3-15(2)22(24(29)26-18-8-9-20-21(13-18)31-11-10-30-20)27-23(28)19-12-16-6-4-5-7-17(16)14-25-19/h4-9,13,15,19,22,25H,3,10-12,14H2,1-2H3,(H,26,29)(H,27,28)/t15-,19+,22+/m1/s1. The zero-order chi connectivity index (χ0) is 21.8. The molecule has 31 heavy (non-hydrogen) atoms. The van der Waals surface area contributed by atoms with Crippen molar-refractivity contribution in [1.82, 2.24) is 10.6 Å². The fourth-order valence-corrected chi connectivity index (χ4v) is 3.94. The highest BCUT2D eigenvalue weighted by atomic mass is 16.6. The third-order valence-corrected chi connectivity index (χ3v) is 6.00. The molecule has 2 aliphatic heterocycles. The van der Waals surface area contributed by atoms with Crippen LogP contribution in [0.25, 0.3) is 0 Å². The highest BCUT2D eigenvalue weighted by Gasteiger charge is 2.31. The Bertz CT molecular complexity index is 962. The van der Waals surface area contributed by atoms with Gasteiger partial charge >= 0.3 is 0 Å². The fraction of sp³-hybridized carbons (Fsp3) is 0.417. The van der Waals surface area contributed by atoms with Crippen LogP contribution >= 0.6 is 0 Å². The van der Waals surface area contributed by atoms with E-state index in [1.807, 2.05) is 26.0 Å². The molecule has 0 unspecified atom stereocenters. The van der Waals surface area contributed by atoms with Gasteiger partial charge < -0.3 is 25.4 Å². The molecule has 2 aromatic rings. The average Bonchev–Trinajstić information content (AvgIpc) is 2.81. The molecule has 4 rings (SSSR count). The van der Waals surface area contributed by atoms with E-state index < -0.39 is 6.04 Å². The molecule has 2 aliphatic rings. The molecular weight excluding hydrogens is 394 g/mol. The van der Waals surface area contributed by atoms with Crippen LogP contribution in [0.2, 0.25) is 0 Å². The van der Waals surface area contributed by atoms with E-state index in [1.165, 1.54) is 11.1 Å². The number of amides is 2. The second kappa shape index (κ2) is 9.39. The second-order valence-electron chi connectivity index (χ2n) is 8.13. The lowest BCUT2D eigenvalue weighted by Crippen LogP contribution is -2.55. The number of hydrogen-bond donors (Lipinski definition) is 3. The monoisotopic (exact) mass is 423 g/mol. The molecule has 3 N–H and O–H groups in total.